The maximum atomic E-state index is 12.5. The summed E-state index contributed by atoms with van der Waals surface area (Å²) in [6.07, 6.45) is 1.18. The molecule has 2 N–H and O–H groups in total. The van der Waals surface area contributed by atoms with E-state index >= 15 is 0 Å². The molecule has 1 aliphatic rings. The van der Waals surface area contributed by atoms with Crippen molar-refractivity contribution in [3.05, 3.63) is 144 Å². The van der Waals surface area contributed by atoms with E-state index < -0.39 is 6.29 Å². The average Bonchev–Trinajstić information content (AvgIpc) is 3.05. The Kier molecular flexibility index (Phi) is 10.2. The molecule has 1 saturated heterocycles. The van der Waals surface area contributed by atoms with E-state index in [2.05, 4.69) is 67.2 Å². The zero-order chi connectivity index (χ0) is 30.2. The third kappa shape index (κ3) is 7.66. The van der Waals surface area contributed by atoms with Crippen LogP contribution in [0.25, 0.3) is 11.1 Å². The second-order valence-corrected chi connectivity index (χ2v) is 11.2. The van der Waals surface area contributed by atoms with Crippen molar-refractivity contribution in [3.63, 3.8) is 0 Å². The van der Waals surface area contributed by atoms with Gasteiger partial charge in [-0.3, -0.25) is 4.79 Å². The van der Waals surface area contributed by atoms with Gasteiger partial charge in [0.1, 0.15) is 0 Å². The van der Waals surface area contributed by atoms with E-state index in [1.165, 1.54) is 0 Å². The Balaban J connectivity index is 1.31. The molecule has 1 amide bonds. The molecule has 6 heteroatoms. The average molecular weight is 577 g/mol. The molecular formula is C37H40N2O4. The number of hydrogen-bond acceptors (Lipinski definition) is 5. The van der Waals surface area contributed by atoms with Crippen molar-refractivity contribution < 1.29 is 19.4 Å². The van der Waals surface area contributed by atoms with E-state index in [4.69, 9.17) is 9.47 Å². The number of aliphatic hydroxyl groups excluding tert-OH is 1. The molecule has 6 nitrogen and oxygen atoms in total. The Morgan fingerprint density at radius 3 is 2.30 bits per heavy atom. The summed E-state index contributed by atoms with van der Waals surface area (Å²) in [4.78, 5) is 14.7. The standard InChI is InChI=1S/C37H40N2O4/c1-4-21-39(3)24-34-26(2)35(30-15-13-27(25-40)14-16-30)43-37(42-34)32-19-17-29(18-20-32)33-12-8-9-28(22-33)23-38-36(41)31-10-6-5-7-11-31/h4-20,22,26,34-35,37,40H,1,21,23-25H2,2-3H3,(H,38,41)/t26-,34+,35+,37+/m0/s1. The highest BCUT2D eigenvalue weighted by Crippen LogP contribution is 2.42. The number of hydrogen-bond donors (Lipinski definition) is 2. The van der Waals surface area contributed by atoms with Crippen molar-refractivity contribution in [2.24, 2.45) is 5.92 Å². The third-order valence-corrected chi connectivity index (χ3v) is 7.99. The topological polar surface area (TPSA) is 71.0 Å². The van der Waals surface area contributed by atoms with E-state index in [1.54, 1.807) is 0 Å². The highest BCUT2D eigenvalue weighted by molar-refractivity contribution is 5.94. The minimum absolute atomic E-state index is 0.0135. The Morgan fingerprint density at radius 2 is 1.60 bits per heavy atom. The molecular weight excluding hydrogens is 536 g/mol. The summed E-state index contributed by atoms with van der Waals surface area (Å²) >= 11 is 0. The number of ether oxygens (including phenoxy) is 2. The maximum absolute atomic E-state index is 12.5. The van der Waals surface area contributed by atoms with Crippen LogP contribution in [0.3, 0.4) is 0 Å². The molecule has 1 aliphatic heterocycles. The lowest BCUT2D eigenvalue weighted by atomic mass is 9.90. The Bertz CT molecular complexity index is 1490. The van der Waals surface area contributed by atoms with Crippen LogP contribution < -0.4 is 5.32 Å². The number of nitrogens with zero attached hydrogens (tertiary/aromatic N) is 1. The number of carbonyl (C=O) groups excluding carboxylic acids is 1. The zero-order valence-electron chi connectivity index (χ0n) is 24.9. The smallest absolute Gasteiger partial charge is 0.251 e. The SMILES string of the molecule is C=CCN(C)C[C@H]1O[C@@H](c2ccc(-c3cccc(CNC(=O)c4ccccc4)c3)cc2)O[C@@H](c2ccc(CO)cc2)[C@H]1C. The molecule has 4 aromatic carbocycles. The van der Waals surface area contributed by atoms with Crippen LogP contribution in [0.2, 0.25) is 0 Å². The lowest BCUT2D eigenvalue weighted by Crippen LogP contribution is -2.43. The van der Waals surface area contributed by atoms with Crippen LogP contribution in [0.5, 0.6) is 0 Å². The van der Waals surface area contributed by atoms with Crippen LogP contribution >= 0.6 is 0 Å². The summed E-state index contributed by atoms with van der Waals surface area (Å²) in [6.45, 7) is 8.04. The molecule has 0 radical (unpaired) electrons. The Morgan fingerprint density at radius 1 is 0.884 bits per heavy atom. The highest BCUT2D eigenvalue weighted by atomic mass is 16.7. The summed E-state index contributed by atoms with van der Waals surface area (Å²) < 4.78 is 13.2. The van der Waals surface area contributed by atoms with E-state index in [1.807, 2.05) is 72.8 Å². The Hall–Kier alpha value is -4.07. The van der Waals surface area contributed by atoms with Gasteiger partial charge in [-0.1, -0.05) is 97.9 Å². The van der Waals surface area contributed by atoms with Crippen LogP contribution in [-0.4, -0.2) is 42.2 Å². The summed E-state index contributed by atoms with van der Waals surface area (Å²) in [5.74, 6) is 0.0293. The van der Waals surface area contributed by atoms with Gasteiger partial charge in [-0.2, -0.15) is 0 Å². The lowest BCUT2D eigenvalue weighted by Gasteiger charge is -2.42. The first-order valence-electron chi connectivity index (χ1n) is 14.8. The van der Waals surface area contributed by atoms with Gasteiger partial charge in [-0.25, -0.2) is 0 Å². The molecule has 0 saturated carbocycles. The van der Waals surface area contributed by atoms with Crippen molar-refractivity contribution >= 4 is 5.91 Å². The number of rotatable bonds is 11. The van der Waals surface area contributed by atoms with Crippen molar-refractivity contribution in [3.8, 4) is 11.1 Å². The van der Waals surface area contributed by atoms with Crippen LogP contribution in [0, 0.1) is 5.92 Å². The Labute approximate surface area is 254 Å². The van der Waals surface area contributed by atoms with Crippen molar-refractivity contribution in [1.82, 2.24) is 10.2 Å². The van der Waals surface area contributed by atoms with Gasteiger partial charge >= 0.3 is 0 Å². The maximum Gasteiger partial charge on any atom is 0.251 e. The number of carbonyl (C=O) groups is 1. The van der Waals surface area contributed by atoms with Gasteiger partial charge < -0.3 is 24.8 Å². The van der Waals surface area contributed by atoms with E-state index in [0.29, 0.717) is 12.1 Å². The summed E-state index contributed by atoms with van der Waals surface area (Å²) in [7, 11) is 2.07. The summed E-state index contributed by atoms with van der Waals surface area (Å²) in [5.41, 5.74) is 6.72. The highest BCUT2D eigenvalue weighted by Gasteiger charge is 2.38. The van der Waals surface area contributed by atoms with Crippen LogP contribution in [-0.2, 0) is 22.6 Å². The van der Waals surface area contributed by atoms with Gasteiger partial charge in [0.2, 0.25) is 0 Å². The lowest BCUT2D eigenvalue weighted by molar-refractivity contribution is -0.275. The molecule has 4 aromatic rings. The van der Waals surface area contributed by atoms with Crippen LogP contribution in [0.4, 0.5) is 0 Å². The molecule has 1 heterocycles. The first kappa shape index (κ1) is 30.4. The second kappa shape index (κ2) is 14.4. The summed E-state index contributed by atoms with van der Waals surface area (Å²) in [6, 6.07) is 33.7. The van der Waals surface area contributed by atoms with Gasteiger partial charge in [-0.15, -0.1) is 6.58 Å². The van der Waals surface area contributed by atoms with Gasteiger partial charge in [-0.05, 0) is 53.1 Å². The number of benzene rings is 4. The largest absolute Gasteiger partial charge is 0.392 e. The predicted octanol–water partition coefficient (Wildman–Crippen LogP) is 6.69. The molecule has 0 spiro atoms. The third-order valence-electron chi connectivity index (χ3n) is 7.99. The van der Waals surface area contributed by atoms with Crippen molar-refractivity contribution in [2.75, 3.05) is 20.1 Å². The predicted molar refractivity (Wildman–Crippen MR) is 170 cm³/mol. The number of aliphatic hydroxyl groups is 1. The fourth-order valence-corrected chi connectivity index (χ4v) is 5.50. The molecule has 1 fully saturated rings. The van der Waals surface area contributed by atoms with Crippen molar-refractivity contribution in [1.29, 1.82) is 0 Å². The normalized spacial score (nSPS) is 20.1. The molecule has 0 bridgehead atoms. The van der Waals surface area contributed by atoms with E-state index in [9.17, 15) is 9.90 Å². The molecule has 5 rings (SSSR count). The number of amides is 1. The fourth-order valence-electron chi connectivity index (χ4n) is 5.50. The van der Waals surface area contributed by atoms with Gasteiger partial charge in [0.15, 0.2) is 6.29 Å². The van der Waals surface area contributed by atoms with E-state index in [0.717, 1.165) is 46.5 Å². The van der Waals surface area contributed by atoms with E-state index in [-0.39, 0.29) is 30.6 Å². The quantitative estimate of drug-likeness (QED) is 0.195. The molecule has 0 unspecified atom stereocenters. The number of nitrogens with one attached hydrogen (secondary N) is 1. The minimum atomic E-state index is -0.519. The molecule has 4 atom stereocenters. The van der Waals surface area contributed by atoms with Gasteiger partial charge in [0.05, 0.1) is 18.8 Å². The first-order valence-corrected chi connectivity index (χ1v) is 14.8. The minimum Gasteiger partial charge on any atom is -0.392 e. The second-order valence-electron chi connectivity index (χ2n) is 11.2. The molecule has 43 heavy (non-hydrogen) atoms. The zero-order valence-corrected chi connectivity index (χ0v) is 24.9. The fraction of sp³-hybridized carbons (Fsp3) is 0.270. The van der Waals surface area contributed by atoms with Crippen molar-refractivity contribution in [2.45, 2.75) is 38.6 Å². The van der Waals surface area contributed by atoms with Crippen LogP contribution in [0.1, 0.15) is 51.9 Å². The molecule has 222 valence electrons. The summed E-state index contributed by atoms with van der Waals surface area (Å²) in [5, 5.41) is 12.5. The molecule has 0 aromatic heterocycles. The van der Waals surface area contributed by atoms with Gasteiger partial charge in [0, 0.05) is 36.7 Å². The molecule has 0 aliphatic carbocycles. The monoisotopic (exact) mass is 576 g/mol. The van der Waals surface area contributed by atoms with Gasteiger partial charge in [0.25, 0.3) is 5.91 Å². The first-order chi connectivity index (χ1) is 20.9. The number of likely N-dealkylation sites (N-methyl/N-ethyl adjacent to an activating group) is 1. The van der Waals surface area contributed by atoms with Crippen LogP contribution in [0.15, 0.2) is 116 Å².